The highest BCUT2D eigenvalue weighted by molar-refractivity contribution is 5.68. The lowest BCUT2D eigenvalue weighted by Gasteiger charge is -2.30. The lowest BCUT2D eigenvalue weighted by molar-refractivity contribution is 0.552. The molecule has 0 saturated carbocycles. The predicted molar refractivity (Wildman–Crippen MR) is 64.0 cm³/mol. The van der Waals surface area contributed by atoms with Gasteiger partial charge in [0.25, 0.3) is 0 Å². The maximum atomic E-state index is 13.4. The first kappa shape index (κ1) is 11.0. The van der Waals surface area contributed by atoms with E-state index in [1.165, 1.54) is 6.07 Å². The third-order valence-corrected chi connectivity index (χ3v) is 3.16. The molecule has 6 heteroatoms. The molecule has 0 bridgehead atoms. The van der Waals surface area contributed by atoms with E-state index in [0.717, 1.165) is 18.4 Å². The lowest BCUT2D eigenvalue weighted by Crippen LogP contribution is -2.34. The molecule has 0 radical (unpaired) electrons. The van der Waals surface area contributed by atoms with Crippen LogP contribution >= 0.6 is 0 Å². The third-order valence-electron chi connectivity index (χ3n) is 3.16. The number of imidazole rings is 1. The van der Waals surface area contributed by atoms with E-state index < -0.39 is 11.6 Å². The van der Waals surface area contributed by atoms with Crippen LogP contribution in [0.3, 0.4) is 0 Å². The Morgan fingerprint density at radius 3 is 2.89 bits per heavy atom. The van der Waals surface area contributed by atoms with Gasteiger partial charge in [-0.25, -0.2) is 13.8 Å². The van der Waals surface area contributed by atoms with Crippen molar-refractivity contribution in [2.75, 3.05) is 17.2 Å². The molecule has 18 heavy (non-hydrogen) atoms. The molecule has 3 rings (SSSR count). The number of nitrogen functional groups attached to an aromatic ring is 1. The molecule has 1 aromatic heterocycles. The highest BCUT2D eigenvalue weighted by Gasteiger charge is 2.20. The van der Waals surface area contributed by atoms with Gasteiger partial charge >= 0.3 is 0 Å². The van der Waals surface area contributed by atoms with Crippen LogP contribution in [0.5, 0.6) is 0 Å². The zero-order valence-electron chi connectivity index (χ0n) is 9.61. The van der Waals surface area contributed by atoms with Crippen LogP contribution in [0.25, 0.3) is 0 Å². The van der Waals surface area contributed by atoms with Gasteiger partial charge in [0.15, 0.2) is 5.82 Å². The van der Waals surface area contributed by atoms with Crippen molar-refractivity contribution in [3.05, 3.63) is 42.0 Å². The standard InChI is InChI=1S/C12H12F2N4/c13-8-5-9(14)12(15)10(6-8)18-4-3-17-2-1-16-11(17)7-18/h1-2,5-6H,3-4,7,15H2. The summed E-state index contributed by atoms with van der Waals surface area (Å²) in [4.78, 5) is 6.04. The first-order chi connectivity index (χ1) is 8.65. The number of hydrogen-bond acceptors (Lipinski definition) is 3. The van der Waals surface area contributed by atoms with Gasteiger partial charge < -0.3 is 15.2 Å². The number of fused-ring (bicyclic) bond motifs is 1. The van der Waals surface area contributed by atoms with Crippen molar-refractivity contribution < 1.29 is 8.78 Å². The summed E-state index contributed by atoms with van der Waals surface area (Å²) in [6.07, 6.45) is 3.61. The largest absolute Gasteiger partial charge is 0.395 e. The van der Waals surface area contributed by atoms with Gasteiger partial charge in [0.2, 0.25) is 0 Å². The Morgan fingerprint density at radius 1 is 1.22 bits per heavy atom. The first-order valence-corrected chi connectivity index (χ1v) is 5.64. The van der Waals surface area contributed by atoms with Crippen LogP contribution in [0.2, 0.25) is 0 Å². The number of aromatic nitrogens is 2. The van der Waals surface area contributed by atoms with E-state index in [9.17, 15) is 8.78 Å². The summed E-state index contributed by atoms with van der Waals surface area (Å²) in [5, 5.41) is 0. The van der Waals surface area contributed by atoms with Crippen molar-refractivity contribution in [3.63, 3.8) is 0 Å². The van der Waals surface area contributed by atoms with Crippen molar-refractivity contribution in [2.45, 2.75) is 13.1 Å². The molecule has 0 atom stereocenters. The fourth-order valence-corrected chi connectivity index (χ4v) is 2.21. The number of anilines is 2. The normalized spacial score (nSPS) is 14.7. The molecule has 0 saturated heterocycles. The van der Waals surface area contributed by atoms with E-state index in [1.807, 2.05) is 15.7 Å². The molecule has 2 aromatic rings. The molecule has 94 valence electrons. The summed E-state index contributed by atoms with van der Waals surface area (Å²) >= 11 is 0. The molecular formula is C12H12F2N4. The van der Waals surface area contributed by atoms with Crippen molar-refractivity contribution in [2.24, 2.45) is 0 Å². The molecule has 1 aliphatic heterocycles. The molecule has 0 spiro atoms. The highest BCUT2D eigenvalue weighted by atomic mass is 19.1. The second-order valence-corrected chi connectivity index (χ2v) is 4.28. The van der Waals surface area contributed by atoms with Crippen molar-refractivity contribution in [1.29, 1.82) is 0 Å². The van der Waals surface area contributed by atoms with E-state index in [0.29, 0.717) is 18.8 Å². The minimum Gasteiger partial charge on any atom is -0.395 e. The van der Waals surface area contributed by atoms with E-state index in [4.69, 9.17) is 5.73 Å². The molecular weight excluding hydrogens is 238 g/mol. The van der Waals surface area contributed by atoms with Crippen LogP contribution < -0.4 is 10.6 Å². The third kappa shape index (κ3) is 1.70. The van der Waals surface area contributed by atoms with Crippen LogP contribution in [0.15, 0.2) is 24.5 Å². The molecule has 0 aliphatic carbocycles. The number of halogens is 2. The maximum Gasteiger partial charge on any atom is 0.151 e. The van der Waals surface area contributed by atoms with Crippen molar-refractivity contribution >= 4 is 11.4 Å². The Kier molecular flexibility index (Phi) is 2.43. The van der Waals surface area contributed by atoms with E-state index in [-0.39, 0.29) is 5.69 Å². The first-order valence-electron chi connectivity index (χ1n) is 5.64. The Morgan fingerprint density at radius 2 is 2.06 bits per heavy atom. The van der Waals surface area contributed by atoms with Gasteiger partial charge in [0.1, 0.15) is 11.6 Å². The summed E-state index contributed by atoms with van der Waals surface area (Å²) in [7, 11) is 0. The van der Waals surface area contributed by atoms with Gasteiger partial charge in [0, 0.05) is 31.5 Å². The van der Waals surface area contributed by atoms with Crippen LogP contribution in [-0.2, 0) is 13.1 Å². The monoisotopic (exact) mass is 250 g/mol. The van der Waals surface area contributed by atoms with Crippen molar-refractivity contribution in [3.8, 4) is 0 Å². The fraction of sp³-hybridized carbons (Fsp3) is 0.250. The molecule has 4 nitrogen and oxygen atoms in total. The Balaban J connectivity index is 1.98. The molecule has 0 amide bonds. The van der Waals surface area contributed by atoms with E-state index in [2.05, 4.69) is 4.98 Å². The summed E-state index contributed by atoms with van der Waals surface area (Å²) in [6.45, 7) is 1.88. The predicted octanol–water partition coefficient (Wildman–Crippen LogP) is 1.76. The van der Waals surface area contributed by atoms with Crippen LogP contribution in [0.1, 0.15) is 5.82 Å². The molecule has 0 unspecified atom stereocenters. The minimum atomic E-state index is -0.723. The summed E-state index contributed by atoms with van der Waals surface area (Å²) in [6, 6.07) is 2.06. The molecule has 1 aliphatic rings. The molecule has 0 fully saturated rings. The summed E-state index contributed by atoms with van der Waals surface area (Å²) in [5.41, 5.74) is 6.04. The number of benzene rings is 1. The SMILES string of the molecule is Nc1c(F)cc(F)cc1N1CCn2ccnc2C1. The zero-order valence-corrected chi connectivity index (χ0v) is 9.61. The minimum absolute atomic E-state index is 0.0172. The highest BCUT2D eigenvalue weighted by Crippen LogP contribution is 2.29. The lowest BCUT2D eigenvalue weighted by atomic mass is 10.2. The van der Waals surface area contributed by atoms with Gasteiger partial charge in [-0.05, 0) is 6.07 Å². The number of nitrogens with zero attached hydrogens (tertiary/aromatic N) is 3. The number of nitrogens with two attached hydrogens (primary N) is 1. The van der Waals surface area contributed by atoms with Gasteiger partial charge in [-0.2, -0.15) is 0 Å². The van der Waals surface area contributed by atoms with E-state index in [1.54, 1.807) is 6.20 Å². The number of hydrogen-bond donors (Lipinski definition) is 1. The van der Waals surface area contributed by atoms with Crippen LogP contribution in [-0.4, -0.2) is 16.1 Å². The molecule has 1 aromatic carbocycles. The smallest absolute Gasteiger partial charge is 0.151 e. The van der Waals surface area contributed by atoms with Crippen LogP contribution in [0, 0.1) is 11.6 Å². The van der Waals surface area contributed by atoms with Gasteiger partial charge in [0.05, 0.1) is 17.9 Å². The second-order valence-electron chi connectivity index (χ2n) is 4.28. The Bertz CT molecular complexity index is 594. The molecule has 2 heterocycles. The van der Waals surface area contributed by atoms with Gasteiger partial charge in [-0.15, -0.1) is 0 Å². The Labute approximate surface area is 103 Å². The summed E-state index contributed by atoms with van der Waals surface area (Å²) in [5.74, 6) is -0.477. The van der Waals surface area contributed by atoms with Crippen LogP contribution in [0.4, 0.5) is 20.2 Å². The van der Waals surface area contributed by atoms with Gasteiger partial charge in [-0.1, -0.05) is 0 Å². The number of rotatable bonds is 1. The van der Waals surface area contributed by atoms with E-state index >= 15 is 0 Å². The molecule has 2 N–H and O–H groups in total. The quantitative estimate of drug-likeness (QED) is 0.784. The maximum absolute atomic E-state index is 13.4. The fourth-order valence-electron chi connectivity index (χ4n) is 2.21. The van der Waals surface area contributed by atoms with Gasteiger partial charge in [-0.3, -0.25) is 0 Å². The second kappa shape index (κ2) is 3.97. The Hall–Kier alpha value is -2.11. The zero-order chi connectivity index (χ0) is 12.7. The average molecular weight is 250 g/mol. The average Bonchev–Trinajstić information content (AvgIpc) is 2.80. The topological polar surface area (TPSA) is 47.1 Å². The van der Waals surface area contributed by atoms with Crippen molar-refractivity contribution in [1.82, 2.24) is 9.55 Å². The summed E-state index contributed by atoms with van der Waals surface area (Å²) < 4.78 is 28.7.